The van der Waals surface area contributed by atoms with Crippen LogP contribution in [0.15, 0.2) is 47.4 Å². The highest BCUT2D eigenvalue weighted by Crippen LogP contribution is 2.31. The second-order valence-electron chi connectivity index (χ2n) is 9.25. The average Bonchev–Trinajstić information content (AvgIpc) is 3.68. The first kappa shape index (κ1) is 23.9. The summed E-state index contributed by atoms with van der Waals surface area (Å²) >= 11 is 0. The van der Waals surface area contributed by atoms with Gasteiger partial charge in [0.25, 0.3) is 5.91 Å². The number of carbonyl (C=O) groups excluding carboxylic acids is 1. The SMILES string of the molecule is CCc1ccc(C(=O)N(Cc2ccc(C(C)C)cc2)C2CC2)cc1S(=O)(=O)N1CCOCC1. The summed E-state index contributed by atoms with van der Waals surface area (Å²) in [5.41, 5.74) is 3.53. The molecule has 0 unspecified atom stereocenters. The van der Waals surface area contributed by atoms with Crippen LogP contribution in [-0.2, 0) is 27.7 Å². The number of hydrogen-bond acceptors (Lipinski definition) is 4. The molecule has 1 heterocycles. The lowest BCUT2D eigenvalue weighted by Crippen LogP contribution is -2.41. The number of benzene rings is 2. The van der Waals surface area contributed by atoms with Crippen LogP contribution in [0.1, 0.15) is 66.6 Å². The van der Waals surface area contributed by atoms with E-state index in [0.717, 1.165) is 24.0 Å². The molecule has 1 saturated carbocycles. The summed E-state index contributed by atoms with van der Waals surface area (Å²) in [6, 6.07) is 13.8. The molecule has 33 heavy (non-hydrogen) atoms. The van der Waals surface area contributed by atoms with Gasteiger partial charge in [-0.2, -0.15) is 4.31 Å². The number of aryl methyl sites for hydroxylation is 1. The van der Waals surface area contributed by atoms with E-state index in [9.17, 15) is 13.2 Å². The van der Waals surface area contributed by atoms with Gasteiger partial charge in [-0.3, -0.25) is 4.79 Å². The molecule has 178 valence electrons. The minimum absolute atomic E-state index is 0.105. The van der Waals surface area contributed by atoms with E-state index in [1.54, 1.807) is 18.2 Å². The number of carbonyl (C=O) groups is 1. The zero-order valence-corrected chi connectivity index (χ0v) is 20.6. The predicted octanol–water partition coefficient (Wildman–Crippen LogP) is 4.20. The van der Waals surface area contributed by atoms with Crippen molar-refractivity contribution in [3.63, 3.8) is 0 Å². The Morgan fingerprint density at radius 2 is 1.76 bits per heavy atom. The Bertz CT molecular complexity index is 1090. The number of hydrogen-bond donors (Lipinski definition) is 0. The molecule has 0 bridgehead atoms. The molecule has 0 atom stereocenters. The Balaban J connectivity index is 1.61. The molecule has 4 rings (SSSR count). The van der Waals surface area contributed by atoms with Crippen molar-refractivity contribution in [2.45, 2.75) is 63.4 Å². The van der Waals surface area contributed by atoms with Crippen LogP contribution in [0.25, 0.3) is 0 Å². The molecule has 1 amide bonds. The Hall–Kier alpha value is -2.22. The molecule has 2 aromatic rings. The largest absolute Gasteiger partial charge is 0.379 e. The molecule has 0 radical (unpaired) electrons. The van der Waals surface area contributed by atoms with Gasteiger partial charge < -0.3 is 9.64 Å². The Morgan fingerprint density at radius 1 is 1.09 bits per heavy atom. The van der Waals surface area contributed by atoms with Gasteiger partial charge in [0.1, 0.15) is 0 Å². The standard InChI is InChI=1S/C26H34N2O4S/c1-4-21-9-10-23(17-25(21)33(30,31)27-13-15-32-16-14-27)26(29)28(24-11-12-24)18-20-5-7-22(8-6-20)19(2)3/h5-10,17,19,24H,4,11-16,18H2,1-3H3. The van der Waals surface area contributed by atoms with Gasteiger partial charge in [0.2, 0.25) is 10.0 Å². The highest BCUT2D eigenvalue weighted by atomic mass is 32.2. The van der Waals surface area contributed by atoms with E-state index in [1.165, 1.54) is 9.87 Å². The van der Waals surface area contributed by atoms with Crippen molar-refractivity contribution < 1.29 is 17.9 Å². The molecule has 2 aliphatic rings. The van der Waals surface area contributed by atoms with Gasteiger partial charge in [0, 0.05) is 31.2 Å². The fourth-order valence-corrected chi connectivity index (χ4v) is 6.00. The number of morpholine rings is 1. The average molecular weight is 471 g/mol. The molecule has 7 heteroatoms. The van der Waals surface area contributed by atoms with Gasteiger partial charge in [0.15, 0.2) is 0 Å². The van der Waals surface area contributed by atoms with Crippen molar-refractivity contribution in [1.82, 2.24) is 9.21 Å². The lowest BCUT2D eigenvalue weighted by Gasteiger charge is -2.27. The van der Waals surface area contributed by atoms with Crippen molar-refractivity contribution >= 4 is 15.9 Å². The third kappa shape index (κ3) is 5.31. The van der Waals surface area contributed by atoms with Crippen LogP contribution in [0.2, 0.25) is 0 Å². The van der Waals surface area contributed by atoms with Crippen LogP contribution in [0.4, 0.5) is 0 Å². The van der Waals surface area contributed by atoms with E-state index >= 15 is 0 Å². The highest BCUT2D eigenvalue weighted by Gasteiger charge is 2.34. The summed E-state index contributed by atoms with van der Waals surface area (Å²) in [4.78, 5) is 15.7. The van der Waals surface area contributed by atoms with Gasteiger partial charge in [-0.25, -0.2) is 8.42 Å². The van der Waals surface area contributed by atoms with Crippen molar-refractivity contribution in [2.24, 2.45) is 0 Å². The van der Waals surface area contributed by atoms with Crippen LogP contribution in [0.3, 0.4) is 0 Å². The maximum absolute atomic E-state index is 13.6. The van der Waals surface area contributed by atoms with E-state index in [2.05, 4.69) is 38.1 Å². The number of ether oxygens (including phenoxy) is 1. The van der Waals surface area contributed by atoms with Gasteiger partial charge in [-0.1, -0.05) is 51.1 Å². The molecule has 6 nitrogen and oxygen atoms in total. The number of nitrogens with zero attached hydrogens (tertiary/aromatic N) is 2. The van der Waals surface area contributed by atoms with Crippen molar-refractivity contribution in [2.75, 3.05) is 26.3 Å². The van der Waals surface area contributed by atoms with Crippen molar-refractivity contribution in [3.05, 3.63) is 64.7 Å². The van der Waals surface area contributed by atoms with Crippen LogP contribution in [0.5, 0.6) is 0 Å². The van der Waals surface area contributed by atoms with E-state index in [-0.39, 0.29) is 16.8 Å². The van der Waals surface area contributed by atoms with Gasteiger partial charge >= 0.3 is 0 Å². The summed E-state index contributed by atoms with van der Waals surface area (Å²) in [6.45, 7) is 8.26. The van der Waals surface area contributed by atoms with Crippen molar-refractivity contribution in [1.29, 1.82) is 0 Å². The fraction of sp³-hybridized carbons (Fsp3) is 0.500. The third-order valence-corrected chi connectivity index (χ3v) is 8.51. The van der Waals surface area contributed by atoms with E-state index < -0.39 is 10.0 Å². The zero-order chi connectivity index (χ0) is 23.6. The number of amides is 1. The fourth-order valence-electron chi connectivity index (χ4n) is 4.27. The smallest absolute Gasteiger partial charge is 0.254 e. The molecule has 1 saturated heterocycles. The van der Waals surface area contributed by atoms with Crippen molar-refractivity contribution in [3.8, 4) is 0 Å². The van der Waals surface area contributed by atoms with Crippen LogP contribution >= 0.6 is 0 Å². The summed E-state index contributed by atoms with van der Waals surface area (Å²) in [7, 11) is -3.68. The number of sulfonamides is 1. The maximum Gasteiger partial charge on any atom is 0.254 e. The second kappa shape index (κ2) is 9.95. The first-order valence-electron chi connectivity index (χ1n) is 11.9. The maximum atomic E-state index is 13.6. The molecule has 0 spiro atoms. The molecule has 1 aliphatic heterocycles. The van der Waals surface area contributed by atoms with Gasteiger partial charge in [0.05, 0.1) is 18.1 Å². The topological polar surface area (TPSA) is 66.9 Å². The summed E-state index contributed by atoms with van der Waals surface area (Å²) in [5.74, 6) is 0.357. The quantitative estimate of drug-likeness (QED) is 0.580. The van der Waals surface area contributed by atoms with Gasteiger partial charge in [-0.05, 0) is 54.0 Å². The predicted molar refractivity (Wildman–Crippen MR) is 129 cm³/mol. The molecular weight excluding hydrogens is 436 g/mol. The molecular formula is C26H34N2O4S. The highest BCUT2D eigenvalue weighted by molar-refractivity contribution is 7.89. The van der Waals surface area contributed by atoms with E-state index in [0.29, 0.717) is 50.8 Å². The van der Waals surface area contributed by atoms with Crippen LogP contribution < -0.4 is 0 Å². The second-order valence-corrected chi connectivity index (χ2v) is 11.2. The molecule has 1 aliphatic carbocycles. The lowest BCUT2D eigenvalue weighted by molar-refractivity contribution is 0.0725. The van der Waals surface area contributed by atoms with Crippen LogP contribution in [-0.4, -0.2) is 55.9 Å². The van der Waals surface area contributed by atoms with E-state index in [1.807, 2.05) is 11.8 Å². The minimum atomic E-state index is -3.68. The summed E-state index contributed by atoms with van der Waals surface area (Å²) in [5, 5.41) is 0. The third-order valence-electron chi connectivity index (χ3n) is 6.53. The first-order valence-corrected chi connectivity index (χ1v) is 13.4. The monoisotopic (exact) mass is 470 g/mol. The Morgan fingerprint density at radius 3 is 2.33 bits per heavy atom. The van der Waals surface area contributed by atoms with Gasteiger partial charge in [-0.15, -0.1) is 0 Å². The normalized spacial score (nSPS) is 17.3. The Kier molecular flexibility index (Phi) is 7.22. The summed E-state index contributed by atoms with van der Waals surface area (Å²) < 4.78 is 33.6. The molecule has 0 N–H and O–H groups in total. The molecule has 0 aromatic heterocycles. The number of rotatable bonds is 8. The minimum Gasteiger partial charge on any atom is -0.379 e. The first-order chi connectivity index (χ1) is 15.8. The zero-order valence-electron chi connectivity index (χ0n) is 19.8. The lowest BCUT2D eigenvalue weighted by atomic mass is 10.0. The molecule has 2 aromatic carbocycles. The van der Waals surface area contributed by atoms with E-state index in [4.69, 9.17) is 4.74 Å². The Labute approximate surface area is 197 Å². The van der Waals surface area contributed by atoms with Crippen LogP contribution in [0, 0.1) is 0 Å². The summed E-state index contributed by atoms with van der Waals surface area (Å²) in [6.07, 6.45) is 2.56. The molecule has 2 fully saturated rings.